The number of carbonyl (C=O) groups is 1. The largest absolute Gasteiger partial charge is 0.349 e. The first-order chi connectivity index (χ1) is 10.9. The van der Waals surface area contributed by atoms with Crippen molar-refractivity contribution in [2.24, 2.45) is 0 Å². The van der Waals surface area contributed by atoms with E-state index in [0.29, 0.717) is 18.0 Å². The number of carbonyl (C=O) groups excluding carboxylic acids is 1. The maximum absolute atomic E-state index is 12.4. The molecule has 0 radical (unpaired) electrons. The standard InChI is InChI=1S/C16H19N3O3S/c1-10-13(23-15(19-10)11-5-4-6-17-7-11)14(20)18-8-12-9-21-16(2,3)22-12/h4-7,12H,8-9H2,1-3H3,(H,18,20). The van der Waals surface area contributed by atoms with Gasteiger partial charge >= 0.3 is 0 Å². The van der Waals surface area contributed by atoms with Crippen LogP contribution in [0.2, 0.25) is 0 Å². The average molecular weight is 333 g/mol. The molecule has 7 heteroatoms. The summed E-state index contributed by atoms with van der Waals surface area (Å²) in [6.45, 7) is 6.46. The highest BCUT2D eigenvalue weighted by Crippen LogP contribution is 2.27. The second-order valence-corrected chi connectivity index (χ2v) is 6.84. The Kier molecular flexibility index (Phi) is 4.43. The third-order valence-corrected chi connectivity index (χ3v) is 4.67. The monoisotopic (exact) mass is 333 g/mol. The van der Waals surface area contributed by atoms with Gasteiger partial charge in [-0.15, -0.1) is 11.3 Å². The van der Waals surface area contributed by atoms with Crippen LogP contribution < -0.4 is 5.32 Å². The second-order valence-electron chi connectivity index (χ2n) is 5.84. The lowest BCUT2D eigenvalue weighted by molar-refractivity contribution is -0.137. The third kappa shape index (κ3) is 3.74. The van der Waals surface area contributed by atoms with Crippen LogP contribution in [0.1, 0.15) is 29.2 Å². The number of aryl methyl sites for hydroxylation is 1. The normalized spacial score (nSPS) is 19.7. The highest BCUT2D eigenvalue weighted by Gasteiger charge is 2.32. The molecule has 1 N–H and O–H groups in total. The van der Waals surface area contributed by atoms with Crippen LogP contribution in [0.15, 0.2) is 24.5 Å². The van der Waals surface area contributed by atoms with Crippen molar-refractivity contribution in [3.05, 3.63) is 35.1 Å². The van der Waals surface area contributed by atoms with Crippen molar-refractivity contribution >= 4 is 17.2 Å². The first kappa shape index (κ1) is 16.0. The van der Waals surface area contributed by atoms with Gasteiger partial charge < -0.3 is 14.8 Å². The molecule has 1 atom stereocenters. The summed E-state index contributed by atoms with van der Waals surface area (Å²) in [5, 5.41) is 3.69. The van der Waals surface area contributed by atoms with E-state index in [4.69, 9.17) is 9.47 Å². The fraction of sp³-hybridized carbons (Fsp3) is 0.438. The van der Waals surface area contributed by atoms with Crippen LogP contribution >= 0.6 is 11.3 Å². The molecule has 0 saturated carbocycles. The Balaban J connectivity index is 1.65. The highest BCUT2D eigenvalue weighted by molar-refractivity contribution is 7.17. The van der Waals surface area contributed by atoms with Gasteiger partial charge in [-0.25, -0.2) is 4.98 Å². The van der Waals surface area contributed by atoms with Gasteiger partial charge in [-0.3, -0.25) is 9.78 Å². The van der Waals surface area contributed by atoms with Gasteiger partial charge in [0.25, 0.3) is 5.91 Å². The molecular weight excluding hydrogens is 314 g/mol. The molecule has 2 aromatic heterocycles. The minimum atomic E-state index is -0.580. The SMILES string of the molecule is Cc1nc(-c2cccnc2)sc1C(=O)NCC1COC(C)(C)O1. The van der Waals surface area contributed by atoms with Crippen LogP contribution in [-0.2, 0) is 9.47 Å². The summed E-state index contributed by atoms with van der Waals surface area (Å²) in [6.07, 6.45) is 3.33. The molecule has 1 aliphatic rings. The van der Waals surface area contributed by atoms with Crippen molar-refractivity contribution in [2.45, 2.75) is 32.7 Å². The fourth-order valence-corrected chi connectivity index (χ4v) is 3.34. The van der Waals surface area contributed by atoms with Crippen LogP contribution in [-0.4, -0.2) is 40.9 Å². The molecule has 1 amide bonds. The number of ether oxygens (including phenoxy) is 2. The zero-order valence-electron chi connectivity index (χ0n) is 13.3. The minimum absolute atomic E-state index is 0.125. The van der Waals surface area contributed by atoms with E-state index >= 15 is 0 Å². The van der Waals surface area contributed by atoms with Gasteiger partial charge in [-0.05, 0) is 32.9 Å². The average Bonchev–Trinajstić information content (AvgIpc) is 3.08. The summed E-state index contributed by atoms with van der Waals surface area (Å²) in [5.41, 5.74) is 1.63. The number of amides is 1. The Morgan fingerprint density at radius 3 is 3.00 bits per heavy atom. The van der Waals surface area contributed by atoms with Gasteiger partial charge in [0.1, 0.15) is 16.0 Å². The van der Waals surface area contributed by atoms with E-state index in [0.717, 1.165) is 16.3 Å². The molecule has 23 heavy (non-hydrogen) atoms. The number of rotatable bonds is 4. The summed E-state index contributed by atoms with van der Waals surface area (Å²) in [4.78, 5) is 21.5. The Morgan fingerprint density at radius 2 is 2.35 bits per heavy atom. The van der Waals surface area contributed by atoms with Crippen molar-refractivity contribution in [1.29, 1.82) is 0 Å². The van der Waals surface area contributed by atoms with Crippen molar-refractivity contribution in [1.82, 2.24) is 15.3 Å². The molecule has 0 bridgehead atoms. The Labute approximate surface area is 138 Å². The van der Waals surface area contributed by atoms with Crippen molar-refractivity contribution in [3.63, 3.8) is 0 Å². The van der Waals surface area contributed by atoms with E-state index in [2.05, 4.69) is 15.3 Å². The van der Waals surface area contributed by atoms with Crippen molar-refractivity contribution < 1.29 is 14.3 Å². The number of thiazole rings is 1. The van der Waals surface area contributed by atoms with Crippen molar-refractivity contribution in [2.75, 3.05) is 13.2 Å². The molecule has 0 aliphatic carbocycles. The van der Waals surface area contributed by atoms with Gasteiger partial charge in [0.05, 0.1) is 12.3 Å². The molecule has 1 saturated heterocycles. The topological polar surface area (TPSA) is 73.3 Å². The predicted octanol–water partition coefficient (Wildman–Crippen LogP) is 2.39. The summed E-state index contributed by atoms with van der Waals surface area (Å²) in [5.74, 6) is -0.716. The second kappa shape index (κ2) is 6.35. The van der Waals surface area contributed by atoms with Crippen molar-refractivity contribution in [3.8, 4) is 10.6 Å². The number of hydrogen-bond acceptors (Lipinski definition) is 6. The van der Waals surface area contributed by atoms with Crippen LogP contribution in [0.4, 0.5) is 0 Å². The van der Waals surface area contributed by atoms with Crippen LogP contribution in [0, 0.1) is 6.92 Å². The van der Waals surface area contributed by atoms with E-state index < -0.39 is 5.79 Å². The molecule has 0 spiro atoms. The number of pyridine rings is 1. The summed E-state index contributed by atoms with van der Waals surface area (Å²) < 4.78 is 11.2. The van der Waals surface area contributed by atoms with Gasteiger partial charge in [0.15, 0.2) is 5.79 Å². The number of nitrogens with zero attached hydrogens (tertiary/aromatic N) is 2. The fourth-order valence-electron chi connectivity index (χ4n) is 2.37. The zero-order valence-corrected chi connectivity index (χ0v) is 14.1. The van der Waals surface area contributed by atoms with E-state index in [1.165, 1.54) is 11.3 Å². The Morgan fingerprint density at radius 1 is 1.52 bits per heavy atom. The molecule has 0 aromatic carbocycles. The van der Waals surface area contributed by atoms with Crippen LogP contribution in [0.5, 0.6) is 0 Å². The molecule has 122 valence electrons. The molecule has 3 rings (SSSR count). The number of aromatic nitrogens is 2. The molecule has 1 aliphatic heterocycles. The highest BCUT2D eigenvalue weighted by atomic mass is 32.1. The van der Waals surface area contributed by atoms with E-state index in [1.807, 2.05) is 32.9 Å². The Hall–Kier alpha value is -1.83. The molecule has 6 nitrogen and oxygen atoms in total. The lowest BCUT2D eigenvalue weighted by Crippen LogP contribution is -2.34. The van der Waals surface area contributed by atoms with E-state index in [-0.39, 0.29) is 12.0 Å². The quantitative estimate of drug-likeness (QED) is 0.930. The first-order valence-electron chi connectivity index (χ1n) is 7.42. The molecular formula is C16H19N3O3S. The number of hydrogen-bond donors (Lipinski definition) is 1. The summed E-state index contributed by atoms with van der Waals surface area (Å²) in [6, 6.07) is 3.78. The van der Waals surface area contributed by atoms with Gasteiger partial charge in [0.2, 0.25) is 0 Å². The van der Waals surface area contributed by atoms with Crippen LogP contribution in [0.25, 0.3) is 10.6 Å². The van der Waals surface area contributed by atoms with Gasteiger partial charge in [-0.1, -0.05) is 0 Å². The predicted molar refractivity (Wildman–Crippen MR) is 87.3 cm³/mol. The maximum atomic E-state index is 12.4. The lowest BCUT2D eigenvalue weighted by atomic mass is 10.3. The lowest BCUT2D eigenvalue weighted by Gasteiger charge is -2.17. The summed E-state index contributed by atoms with van der Waals surface area (Å²) >= 11 is 1.37. The van der Waals surface area contributed by atoms with Crippen LogP contribution in [0.3, 0.4) is 0 Å². The molecule has 3 heterocycles. The summed E-state index contributed by atoms with van der Waals surface area (Å²) in [7, 11) is 0. The molecule has 1 fully saturated rings. The first-order valence-corrected chi connectivity index (χ1v) is 8.24. The third-order valence-electron chi connectivity index (χ3n) is 3.47. The van der Waals surface area contributed by atoms with Gasteiger partial charge in [-0.2, -0.15) is 0 Å². The van der Waals surface area contributed by atoms with E-state index in [1.54, 1.807) is 12.4 Å². The minimum Gasteiger partial charge on any atom is -0.349 e. The zero-order chi connectivity index (χ0) is 16.4. The van der Waals surface area contributed by atoms with E-state index in [9.17, 15) is 4.79 Å². The smallest absolute Gasteiger partial charge is 0.263 e. The Bertz CT molecular complexity index is 700. The molecule has 2 aromatic rings. The maximum Gasteiger partial charge on any atom is 0.263 e. The van der Waals surface area contributed by atoms with Gasteiger partial charge in [0, 0.05) is 24.5 Å². The number of nitrogens with one attached hydrogen (secondary N) is 1. The molecule has 1 unspecified atom stereocenters.